The van der Waals surface area contributed by atoms with E-state index >= 15 is 0 Å². The van der Waals surface area contributed by atoms with Crippen molar-refractivity contribution in [1.82, 2.24) is 14.4 Å². The van der Waals surface area contributed by atoms with Crippen molar-refractivity contribution in [3.05, 3.63) is 95.7 Å². The van der Waals surface area contributed by atoms with E-state index in [1.165, 1.54) is 12.8 Å². The Morgan fingerprint density at radius 2 is 1.52 bits per heavy atom. The fraction of sp³-hybridized carbons (Fsp3) is 0.371. The molecule has 0 fully saturated rings. The quantitative estimate of drug-likeness (QED) is 0.100. The van der Waals surface area contributed by atoms with Gasteiger partial charge in [-0.1, -0.05) is 61.7 Å². The topological polar surface area (TPSA) is 69.6 Å². The SMILES string of the molecule is COC(=O)c1cc2cc(OCc3ccccc3)ccc2n1CCCCCCCNC(=O)Cc1ccc([N+](C)(C)C)cc1. The van der Waals surface area contributed by atoms with Gasteiger partial charge in [-0.15, -0.1) is 0 Å². The number of esters is 1. The molecule has 42 heavy (non-hydrogen) atoms. The number of benzene rings is 3. The third-order valence-corrected chi connectivity index (χ3v) is 7.47. The third kappa shape index (κ3) is 8.70. The fourth-order valence-corrected chi connectivity index (χ4v) is 5.06. The van der Waals surface area contributed by atoms with E-state index in [0.717, 1.165) is 70.9 Å². The molecule has 0 unspecified atom stereocenters. The van der Waals surface area contributed by atoms with Gasteiger partial charge in [-0.2, -0.15) is 0 Å². The molecule has 0 aliphatic carbocycles. The lowest BCUT2D eigenvalue weighted by atomic mass is 10.1. The number of aryl methyl sites for hydroxylation is 1. The van der Waals surface area contributed by atoms with E-state index in [-0.39, 0.29) is 11.9 Å². The van der Waals surface area contributed by atoms with Crippen LogP contribution in [0.15, 0.2) is 78.9 Å². The van der Waals surface area contributed by atoms with Crippen molar-refractivity contribution in [2.75, 3.05) is 34.8 Å². The summed E-state index contributed by atoms with van der Waals surface area (Å²) >= 11 is 0. The summed E-state index contributed by atoms with van der Waals surface area (Å²) in [4.78, 5) is 24.9. The van der Waals surface area contributed by atoms with Crippen molar-refractivity contribution < 1.29 is 19.1 Å². The van der Waals surface area contributed by atoms with Gasteiger partial charge in [-0.25, -0.2) is 4.79 Å². The first-order valence-electron chi connectivity index (χ1n) is 14.8. The van der Waals surface area contributed by atoms with Crippen molar-refractivity contribution in [3.63, 3.8) is 0 Å². The lowest BCUT2D eigenvalue weighted by molar-refractivity contribution is -0.120. The molecule has 7 nitrogen and oxygen atoms in total. The number of nitrogens with one attached hydrogen (secondary N) is 1. The molecule has 0 radical (unpaired) electrons. The van der Waals surface area contributed by atoms with Crippen molar-refractivity contribution in [2.45, 2.75) is 51.7 Å². The van der Waals surface area contributed by atoms with Gasteiger partial charge in [0.05, 0.1) is 34.7 Å². The summed E-state index contributed by atoms with van der Waals surface area (Å²) in [5.41, 5.74) is 4.91. The molecule has 1 N–H and O–H groups in total. The smallest absolute Gasteiger partial charge is 0.354 e. The van der Waals surface area contributed by atoms with Gasteiger partial charge in [0.1, 0.15) is 23.7 Å². The molecule has 1 amide bonds. The maximum absolute atomic E-state index is 12.5. The number of fused-ring (bicyclic) bond motifs is 1. The average Bonchev–Trinajstić information content (AvgIpc) is 3.35. The number of hydrogen-bond donors (Lipinski definition) is 1. The Labute approximate surface area is 249 Å². The summed E-state index contributed by atoms with van der Waals surface area (Å²) in [6.07, 6.45) is 5.49. The molecular weight excluding hydrogens is 526 g/mol. The monoisotopic (exact) mass is 570 g/mol. The van der Waals surface area contributed by atoms with Crippen LogP contribution in [0.3, 0.4) is 0 Å². The van der Waals surface area contributed by atoms with Crippen LogP contribution in [0.1, 0.15) is 53.7 Å². The average molecular weight is 571 g/mol. The van der Waals surface area contributed by atoms with Crippen molar-refractivity contribution in [1.29, 1.82) is 0 Å². The minimum atomic E-state index is -0.335. The molecule has 7 heteroatoms. The molecular formula is C35H44N3O4+. The summed E-state index contributed by atoms with van der Waals surface area (Å²) in [5, 5.41) is 4.01. The number of unbranched alkanes of at least 4 members (excludes halogenated alkanes) is 4. The zero-order valence-electron chi connectivity index (χ0n) is 25.4. The summed E-state index contributed by atoms with van der Waals surface area (Å²) in [6.45, 7) is 1.92. The first-order valence-corrected chi connectivity index (χ1v) is 14.8. The zero-order valence-corrected chi connectivity index (χ0v) is 25.4. The number of hydrogen-bond acceptors (Lipinski definition) is 4. The number of carbonyl (C=O) groups excluding carboxylic acids is 2. The summed E-state index contributed by atoms with van der Waals surface area (Å²) < 4.78 is 13.9. The minimum Gasteiger partial charge on any atom is -0.489 e. The Balaban J connectivity index is 1.19. The van der Waals surface area contributed by atoms with Crippen LogP contribution in [0, 0.1) is 0 Å². The Kier molecular flexibility index (Phi) is 10.8. The third-order valence-electron chi connectivity index (χ3n) is 7.47. The summed E-state index contributed by atoms with van der Waals surface area (Å²) in [7, 11) is 7.80. The normalized spacial score (nSPS) is 11.4. The molecule has 0 aliphatic rings. The Morgan fingerprint density at radius 3 is 2.24 bits per heavy atom. The van der Waals surface area contributed by atoms with Crippen LogP contribution in [-0.4, -0.2) is 51.2 Å². The van der Waals surface area contributed by atoms with Crippen LogP contribution in [0.25, 0.3) is 10.9 Å². The first-order chi connectivity index (χ1) is 20.2. The standard InChI is InChI=1S/C35H43N3O4/c1-38(2,3)30-17-15-27(16-18-30)23-34(39)36-21-11-6-5-7-12-22-37-32-20-19-31(42-26-28-13-9-8-10-14-28)24-29(32)25-33(37)35(40)41-4/h8-10,13-20,24-25H,5-7,11-12,21-23,26H2,1-4H3/p+1. The number of carbonyl (C=O) groups is 2. The van der Waals surface area contributed by atoms with E-state index in [4.69, 9.17) is 9.47 Å². The highest BCUT2D eigenvalue weighted by Gasteiger charge is 2.17. The number of quaternary nitrogens is 1. The number of aromatic nitrogens is 1. The van der Waals surface area contributed by atoms with Gasteiger partial charge >= 0.3 is 5.97 Å². The van der Waals surface area contributed by atoms with Crippen LogP contribution in [0.5, 0.6) is 5.75 Å². The van der Waals surface area contributed by atoms with Crippen LogP contribution in [0.4, 0.5) is 5.69 Å². The number of amides is 1. The summed E-state index contributed by atoms with van der Waals surface area (Å²) in [5.74, 6) is 0.499. The number of rotatable bonds is 15. The molecule has 0 saturated carbocycles. The summed E-state index contributed by atoms with van der Waals surface area (Å²) in [6, 6.07) is 26.1. The predicted molar refractivity (Wildman–Crippen MR) is 170 cm³/mol. The molecule has 4 aromatic rings. The van der Waals surface area contributed by atoms with E-state index in [0.29, 0.717) is 25.3 Å². The Morgan fingerprint density at radius 1 is 0.810 bits per heavy atom. The molecule has 222 valence electrons. The van der Waals surface area contributed by atoms with Crippen LogP contribution in [0.2, 0.25) is 0 Å². The largest absolute Gasteiger partial charge is 0.489 e. The van der Waals surface area contributed by atoms with Gasteiger partial charge < -0.3 is 19.4 Å². The number of methoxy groups -OCH3 is 1. The van der Waals surface area contributed by atoms with Crippen molar-refractivity contribution in [2.24, 2.45) is 0 Å². The Hall–Kier alpha value is -4.10. The van der Waals surface area contributed by atoms with E-state index in [2.05, 4.69) is 43.2 Å². The van der Waals surface area contributed by atoms with Gasteiger partial charge in [0, 0.05) is 24.0 Å². The van der Waals surface area contributed by atoms with Crippen LogP contribution < -0.4 is 14.5 Å². The van der Waals surface area contributed by atoms with Gasteiger partial charge in [0.2, 0.25) is 5.91 Å². The molecule has 0 saturated heterocycles. The van der Waals surface area contributed by atoms with Gasteiger partial charge in [0.15, 0.2) is 0 Å². The van der Waals surface area contributed by atoms with E-state index in [1.807, 2.05) is 66.7 Å². The van der Waals surface area contributed by atoms with Gasteiger partial charge in [-0.05, 0) is 60.4 Å². The molecule has 0 atom stereocenters. The highest BCUT2D eigenvalue weighted by atomic mass is 16.5. The molecule has 0 spiro atoms. The molecule has 0 aliphatic heterocycles. The Bertz CT molecular complexity index is 1450. The lowest BCUT2D eigenvalue weighted by Gasteiger charge is -2.23. The van der Waals surface area contributed by atoms with E-state index in [9.17, 15) is 9.59 Å². The van der Waals surface area contributed by atoms with Crippen molar-refractivity contribution >= 4 is 28.5 Å². The molecule has 1 heterocycles. The fourth-order valence-electron chi connectivity index (χ4n) is 5.06. The zero-order chi connectivity index (χ0) is 30.0. The number of nitrogens with zero attached hydrogens (tertiary/aromatic N) is 2. The molecule has 3 aromatic carbocycles. The van der Waals surface area contributed by atoms with Crippen LogP contribution in [-0.2, 0) is 29.1 Å². The lowest BCUT2D eigenvalue weighted by Crippen LogP contribution is -2.34. The van der Waals surface area contributed by atoms with Gasteiger partial charge in [-0.3, -0.25) is 9.28 Å². The molecule has 0 bridgehead atoms. The van der Waals surface area contributed by atoms with Crippen molar-refractivity contribution in [3.8, 4) is 5.75 Å². The maximum atomic E-state index is 12.5. The second-order valence-corrected chi connectivity index (χ2v) is 11.6. The number of ether oxygens (including phenoxy) is 2. The highest BCUT2D eigenvalue weighted by molar-refractivity contribution is 5.96. The van der Waals surface area contributed by atoms with Crippen LogP contribution >= 0.6 is 0 Å². The second-order valence-electron chi connectivity index (χ2n) is 11.6. The minimum absolute atomic E-state index is 0.0662. The molecule has 1 aromatic heterocycles. The second kappa shape index (κ2) is 14.7. The highest BCUT2D eigenvalue weighted by Crippen LogP contribution is 2.27. The molecule has 4 rings (SSSR count). The first kappa shape index (κ1) is 30.8. The van der Waals surface area contributed by atoms with Gasteiger partial charge in [0.25, 0.3) is 0 Å². The predicted octanol–water partition coefficient (Wildman–Crippen LogP) is 6.51. The maximum Gasteiger partial charge on any atom is 0.354 e. The van der Waals surface area contributed by atoms with E-state index in [1.54, 1.807) is 0 Å². The van der Waals surface area contributed by atoms with E-state index < -0.39 is 0 Å².